The number of aryl methyl sites for hydroxylation is 2. The molecule has 1 aromatic heterocycles. The van der Waals surface area contributed by atoms with Gasteiger partial charge in [-0.25, -0.2) is 4.39 Å². The van der Waals surface area contributed by atoms with Gasteiger partial charge in [-0.3, -0.25) is 4.79 Å². The maximum Gasteiger partial charge on any atom is 0.259 e. The third-order valence-electron chi connectivity index (χ3n) is 4.34. The van der Waals surface area contributed by atoms with Gasteiger partial charge in [0.1, 0.15) is 22.9 Å². The Morgan fingerprint density at radius 3 is 3.00 bits per heavy atom. The molecule has 1 amide bonds. The molecule has 1 atom stereocenters. The summed E-state index contributed by atoms with van der Waals surface area (Å²) in [5.41, 5.74) is 1.18. The molecule has 1 aliphatic rings. The molecule has 1 fully saturated rings. The Hall–Kier alpha value is -2.37. The van der Waals surface area contributed by atoms with E-state index < -0.39 is 0 Å². The van der Waals surface area contributed by atoms with Crippen LogP contribution in [0, 0.1) is 25.6 Å². The number of halogens is 1. The van der Waals surface area contributed by atoms with Gasteiger partial charge >= 0.3 is 0 Å². The molecule has 2 heterocycles. The third kappa shape index (κ3) is 3.58. The van der Waals surface area contributed by atoms with Gasteiger partial charge in [0.2, 0.25) is 0 Å². The van der Waals surface area contributed by atoms with E-state index in [1.807, 2.05) is 4.90 Å². The summed E-state index contributed by atoms with van der Waals surface area (Å²) in [5.74, 6) is 0.944. The minimum atomic E-state index is -0.314. The molecule has 3 rings (SSSR count). The fraction of sp³-hybridized carbons (Fsp3) is 0.444. The van der Waals surface area contributed by atoms with Gasteiger partial charge in [-0.2, -0.15) is 0 Å². The zero-order valence-electron chi connectivity index (χ0n) is 13.9. The topological polar surface area (TPSA) is 55.6 Å². The molecule has 128 valence electrons. The zero-order chi connectivity index (χ0) is 17.1. The van der Waals surface area contributed by atoms with Crippen molar-refractivity contribution in [3.63, 3.8) is 0 Å². The maximum absolute atomic E-state index is 13.2. The van der Waals surface area contributed by atoms with Gasteiger partial charge in [0.15, 0.2) is 0 Å². The average Bonchev–Trinajstić information content (AvgIpc) is 2.91. The van der Waals surface area contributed by atoms with Crippen molar-refractivity contribution in [2.75, 3.05) is 19.7 Å². The number of ether oxygens (including phenoxy) is 1. The van der Waals surface area contributed by atoms with E-state index in [2.05, 4.69) is 5.16 Å². The van der Waals surface area contributed by atoms with Crippen molar-refractivity contribution < 1.29 is 18.4 Å². The maximum atomic E-state index is 13.2. The van der Waals surface area contributed by atoms with Crippen molar-refractivity contribution in [2.45, 2.75) is 26.7 Å². The van der Waals surface area contributed by atoms with Gasteiger partial charge in [0.05, 0.1) is 12.3 Å². The van der Waals surface area contributed by atoms with E-state index in [0.29, 0.717) is 35.9 Å². The predicted molar refractivity (Wildman–Crippen MR) is 86.5 cm³/mol. The first-order valence-corrected chi connectivity index (χ1v) is 8.15. The molecule has 5 nitrogen and oxygen atoms in total. The van der Waals surface area contributed by atoms with Crippen molar-refractivity contribution in [1.29, 1.82) is 0 Å². The largest absolute Gasteiger partial charge is 0.493 e. The zero-order valence-corrected chi connectivity index (χ0v) is 13.9. The number of rotatable bonds is 4. The van der Waals surface area contributed by atoms with Gasteiger partial charge in [-0.15, -0.1) is 0 Å². The number of hydrogen-bond acceptors (Lipinski definition) is 4. The SMILES string of the molecule is Cc1noc(C)c1C(=O)N1CCC[C@H](COc2cccc(F)c2)C1. The normalized spacial score (nSPS) is 17.8. The molecule has 0 bridgehead atoms. The first kappa shape index (κ1) is 16.5. The second-order valence-corrected chi connectivity index (χ2v) is 6.23. The highest BCUT2D eigenvalue weighted by Crippen LogP contribution is 2.23. The highest BCUT2D eigenvalue weighted by Gasteiger charge is 2.28. The van der Waals surface area contributed by atoms with E-state index in [9.17, 15) is 9.18 Å². The highest BCUT2D eigenvalue weighted by molar-refractivity contribution is 5.96. The summed E-state index contributed by atoms with van der Waals surface area (Å²) in [6, 6.07) is 6.12. The van der Waals surface area contributed by atoms with Crippen LogP contribution in [-0.4, -0.2) is 35.7 Å². The van der Waals surface area contributed by atoms with E-state index in [0.717, 1.165) is 19.4 Å². The quantitative estimate of drug-likeness (QED) is 0.861. The number of amides is 1. The molecule has 0 spiro atoms. The van der Waals surface area contributed by atoms with Gasteiger partial charge in [0.25, 0.3) is 5.91 Å². The Morgan fingerprint density at radius 2 is 2.29 bits per heavy atom. The molecule has 24 heavy (non-hydrogen) atoms. The minimum Gasteiger partial charge on any atom is -0.493 e. The Morgan fingerprint density at radius 1 is 1.46 bits per heavy atom. The van der Waals surface area contributed by atoms with Crippen LogP contribution in [0.5, 0.6) is 5.75 Å². The lowest BCUT2D eigenvalue weighted by Gasteiger charge is -2.32. The van der Waals surface area contributed by atoms with Gasteiger partial charge < -0.3 is 14.2 Å². The van der Waals surface area contributed by atoms with Crippen LogP contribution in [0.4, 0.5) is 4.39 Å². The Kier molecular flexibility index (Phi) is 4.83. The number of aromatic nitrogens is 1. The first-order chi connectivity index (χ1) is 11.5. The molecule has 0 saturated carbocycles. The Labute approximate surface area is 140 Å². The standard InChI is InChI=1S/C18H21FN2O3/c1-12-17(13(2)24-20-12)18(22)21-8-4-5-14(10-21)11-23-16-7-3-6-15(19)9-16/h3,6-7,9,14H,4-5,8,10-11H2,1-2H3/t14-/m0/s1. The second-order valence-electron chi connectivity index (χ2n) is 6.23. The molecule has 1 aromatic carbocycles. The number of benzene rings is 1. The highest BCUT2D eigenvalue weighted by atomic mass is 19.1. The molecule has 1 aliphatic heterocycles. The van der Waals surface area contributed by atoms with E-state index in [1.54, 1.807) is 26.0 Å². The second kappa shape index (κ2) is 7.03. The Balaban J connectivity index is 1.61. The van der Waals surface area contributed by atoms with Crippen molar-refractivity contribution in [1.82, 2.24) is 10.1 Å². The van der Waals surface area contributed by atoms with Crippen molar-refractivity contribution in [3.05, 3.63) is 47.1 Å². The number of nitrogens with zero attached hydrogens (tertiary/aromatic N) is 2. The van der Waals surface area contributed by atoms with Crippen LogP contribution >= 0.6 is 0 Å². The summed E-state index contributed by atoms with van der Waals surface area (Å²) < 4.78 is 24.0. The summed E-state index contributed by atoms with van der Waals surface area (Å²) in [7, 11) is 0. The lowest BCUT2D eigenvalue weighted by molar-refractivity contribution is 0.0631. The molecule has 0 N–H and O–H groups in total. The number of carbonyl (C=O) groups excluding carboxylic acids is 1. The van der Waals surface area contributed by atoms with Crippen LogP contribution in [0.2, 0.25) is 0 Å². The van der Waals surface area contributed by atoms with Crippen molar-refractivity contribution >= 4 is 5.91 Å². The fourth-order valence-electron chi connectivity index (χ4n) is 3.10. The summed E-state index contributed by atoms with van der Waals surface area (Å²) in [4.78, 5) is 14.5. The van der Waals surface area contributed by atoms with E-state index in [1.165, 1.54) is 12.1 Å². The van der Waals surface area contributed by atoms with Crippen LogP contribution in [0.25, 0.3) is 0 Å². The average molecular weight is 332 g/mol. The molecule has 1 saturated heterocycles. The molecule has 0 aliphatic carbocycles. The van der Waals surface area contributed by atoms with Crippen LogP contribution in [0.3, 0.4) is 0 Å². The van der Waals surface area contributed by atoms with Crippen LogP contribution in [-0.2, 0) is 0 Å². The van der Waals surface area contributed by atoms with Crippen LogP contribution in [0.15, 0.2) is 28.8 Å². The van der Waals surface area contributed by atoms with Crippen molar-refractivity contribution in [3.8, 4) is 5.75 Å². The number of piperidine rings is 1. The van der Waals surface area contributed by atoms with Gasteiger partial charge in [-0.1, -0.05) is 11.2 Å². The summed E-state index contributed by atoms with van der Waals surface area (Å²) in [5, 5.41) is 3.85. The molecule has 0 radical (unpaired) electrons. The summed E-state index contributed by atoms with van der Waals surface area (Å²) >= 11 is 0. The first-order valence-electron chi connectivity index (χ1n) is 8.15. The lowest BCUT2D eigenvalue weighted by Crippen LogP contribution is -2.41. The minimum absolute atomic E-state index is 0.0401. The molecular weight excluding hydrogens is 311 g/mol. The lowest BCUT2D eigenvalue weighted by atomic mass is 9.98. The molecule has 6 heteroatoms. The van der Waals surface area contributed by atoms with Gasteiger partial charge in [0, 0.05) is 25.1 Å². The van der Waals surface area contributed by atoms with Crippen LogP contribution in [0.1, 0.15) is 34.7 Å². The molecule has 2 aromatic rings. The van der Waals surface area contributed by atoms with Gasteiger partial charge in [-0.05, 0) is 38.8 Å². The summed E-state index contributed by atoms with van der Waals surface area (Å²) in [6.07, 6.45) is 1.91. The van der Waals surface area contributed by atoms with Crippen molar-refractivity contribution in [2.24, 2.45) is 5.92 Å². The van der Waals surface area contributed by atoms with E-state index >= 15 is 0 Å². The Bertz CT molecular complexity index is 709. The fourth-order valence-corrected chi connectivity index (χ4v) is 3.10. The van der Waals surface area contributed by atoms with Crippen LogP contribution < -0.4 is 4.74 Å². The molecular formula is C18H21FN2O3. The monoisotopic (exact) mass is 332 g/mol. The number of hydrogen-bond donors (Lipinski definition) is 0. The molecule has 0 unspecified atom stereocenters. The number of carbonyl (C=O) groups is 1. The summed E-state index contributed by atoms with van der Waals surface area (Å²) in [6.45, 7) is 5.34. The predicted octanol–water partition coefficient (Wildman–Crippen LogP) is 3.36. The van der Waals surface area contributed by atoms with E-state index in [-0.39, 0.29) is 17.6 Å². The van der Waals surface area contributed by atoms with E-state index in [4.69, 9.17) is 9.26 Å². The smallest absolute Gasteiger partial charge is 0.259 e. The number of likely N-dealkylation sites (tertiary alicyclic amines) is 1. The third-order valence-corrected chi connectivity index (χ3v) is 4.34.